The summed E-state index contributed by atoms with van der Waals surface area (Å²) in [5.41, 5.74) is 5.18. The van der Waals surface area contributed by atoms with Crippen LogP contribution in [0.4, 0.5) is 0 Å². The number of methoxy groups -OCH3 is 1. The molecule has 7 heteroatoms. The highest BCUT2D eigenvalue weighted by Gasteiger charge is 2.53. The topological polar surface area (TPSA) is 93.5 Å². The van der Waals surface area contributed by atoms with Crippen molar-refractivity contribution in [1.29, 1.82) is 0 Å². The zero-order valence-electron chi connectivity index (χ0n) is 12.4. The molecule has 0 aromatic heterocycles. The number of ether oxygens (including phenoxy) is 1. The third-order valence-electron chi connectivity index (χ3n) is 4.35. The van der Waals surface area contributed by atoms with Gasteiger partial charge in [0.1, 0.15) is 0 Å². The van der Waals surface area contributed by atoms with Crippen LogP contribution in [0.1, 0.15) is 33.1 Å². The minimum Gasteiger partial charge on any atom is -0.381 e. The molecule has 20 heavy (non-hydrogen) atoms. The first kappa shape index (κ1) is 19.1. The largest absolute Gasteiger partial charge is 0.381 e. The summed E-state index contributed by atoms with van der Waals surface area (Å²) in [7, 11) is 1.71. The van der Waals surface area contributed by atoms with E-state index in [1.54, 1.807) is 7.11 Å². The van der Waals surface area contributed by atoms with Crippen LogP contribution in [0, 0.1) is 5.41 Å². The highest BCUT2D eigenvalue weighted by Crippen LogP contribution is 2.48. The number of hydrogen-bond donors (Lipinski definition) is 3. The van der Waals surface area contributed by atoms with Crippen LogP contribution in [0.2, 0.25) is 0 Å². The number of carbonyl (C=O) groups is 2. The van der Waals surface area contributed by atoms with Gasteiger partial charge in [0.2, 0.25) is 11.8 Å². The predicted molar refractivity (Wildman–Crippen MR) is 79.7 cm³/mol. The zero-order chi connectivity index (χ0) is 14.5. The Morgan fingerprint density at radius 3 is 2.35 bits per heavy atom. The Balaban J connectivity index is 0.00000361. The molecule has 0 aliphatic heterocycles. The number of amides is 2. The summed E-state index contributed by atoms with van der Waals surface area (Å²) < 4.78 is 5.47. The highest BCUT2D eigenvalue weighted by molar-refractivity contribution is 5.86. The number of rotatable bonds is 7. The van der Waals surface area contributed by atoms with E-state index in [4.69, 9.17) is 10.5 Å². The molecule has 2 unspecified atom stereocenters. The summed E-state index contributed by atoms with van der Waals surface area (Å²) in [4.78, 5) is 22.8. The second-order valence-corrected chi connectivity index (χ2v) is 5.00. The first-order valence-corrected chi connectivity index (χ1v) is 6.82. The molecule has 4 N–H and O–H groups in total. The molecule has 1 aliphatic carbocycles. The molecule has 1 rings (SSSR count). The molecule has 118 valence electrons. The monoisotopic (exact) mass is 307 g/mol. The minimum atomic E-state index is -0.323. The summed E-state index contributed by atoms with van der Waals surface area (Å²) in [6.45, 7) is 4.11. The third kappa shape index (κ3) is 3.84. The van der Waals surface area contributed by atoms with Gasteiger partial charge < -0.3 is 21.1 Å². The van der Waals surface area contributed by atoms with Gasteiger partial charge in [0, 0.05) is 18.6 Å². The molecule has 0 spiro atoms. The number of hydrogen-bond acceptors (Lipinski definition) is 4. The van der Waals surface area contributed by atoms with E-state index in [2.05, 4.69) is 24.5 Å². The van der Waals surface area contributed by atoms with Crippen LogP contribution >= 0.6 is 12.4 Å². The minimum absolute atomic E-state index is 0. The van der Waals surface area contributed by atoms with Gasteiger partial charge in [-0.25, -0.2) is 0 Å². The van der Waals surface area contributed by atoms with Crippen molar-refractivity contribution >= 4 is 24.2 Å². The van der Waals surface area contributed by atoms with Crippen LogP contribution in [-0.2, 0) is 14.3 Å². The fourth-order valence-corrected chi connectivity index (χ4v) is 2.98. The molecular weight excluding hydrogens is 282 g/mol. The summed E-state index contributed by atoms with van der Waals surface area (Å²) in [6, 6.07) is 0.120. The number of nitrogens with one attached hydrogen (secondary N) is 2. The molecule has 6 nitrogen and oxygen atoms in total. The molecule has 0 aromatic carbocycles. The Bertz CT molecular complexity index is 335. The molecule has 1 aliphatic rings. The van der Waals surface area contributed by atoms with E-state index in [9.17, 15) is 9.59 Å². The van der Waals surface area contributed by atoms with Gasteiger partial charge in [-0.05, 0) is 19.3 Å². The van der Waals surface area contributed by atoms with Crippen molar-refractivity contribution in [2.24, 2.45) is 11.1 Å². The average Bonchev–Trinajstić information content (AvgIpc) is 2.41. The lowest BCUT2D eigenvalue weighted by Crippen LogP contribution is -2.64. The quantitative estimate of drug-likeness (QED) is 0.626. The van der Waals surface area contributed by atoms with E-state index in [0.717, 1.165) is 19.3 Å². The van der Waals surface area contributed by atoms with Crippen LogP contribution in [0.3, 0.4) is 0 Å². The van der Waals surface area contributed by atoms with Crippen molar-refractivity contribution in [3.8, 4) is 0 Å². The maximum Gasteiger partial charge on any atom is 0.239 e. The molecule has 0 radical (unpaired) electrons. The van der Waals surface area contributed by atoms with Gasteiger partial charge in [-0.1, -0.05) is 13.8 Å². The lowest BCUT2D eigenvalue weighted by Gasteiger charge is -2.55. The summed E-state index contributed by atoms with van der Waals surface area (Å²) in [5.74, 6) is -0.497. The second kappa shape index (κ2) is 8.44. The average molecular weight is 308 g/mol. The maximum atomic E-state index is 11.8. The normalized spacial score (nSPS) is 23.2. The third-order valence-corrected chi connectivity index (χ3v) is 4.35. The van der Waals surface area contributed by atoms with Crippen LogP contribution in [0.15, 0.2) is 0 Å². The van der Waals surface area contributed by atoms with E-state index in [1.165, 1.54) is 0 Å². The van der Waals surface area contributed by atoms with Gasteiger partial charge in [0.25, 0.3) is 0 Å². The Morgan fingerprint density at radius 2 is 1.90 bits per heavy atom. The van der Waals surface area contributed by atoms with Crippen molar-refractivity contribution in [2.45, 2.75) is 45.3 Å². The Hall–Kier alpha value is -0.850. The molecule has 0 aromatic rings. The first-order valence-electron chi connectivity index (χ1n) is 6.82. The lowest BCUT2D eigenvalue weighted by molar-refractivity contribution is -0.141. The Morgan fingerprint density at radius 1 is 1.30 bits per heavy atom. The zero-order valence-corrected chi connectivity index (χ0v) is 13.2. The molecule has 0 bridgehead atoms. The number of halogens is 1. The molecule has 0 heterocycles. The summed E-state index contributed by atoms with van der Waals surface area (Å²) >= 11 is 0. The van der Waals surface area contributed by atoms with Crippen LogP contribution in [-0.4, -0.2) is 44.2 Å². The van der Waals surface area contributed by atoms with Crippen LogP contribution in [0.25, 0.3) is 0 Å². The van der Waals surface area contributed by atoms with Crippen molar-refractivity contribution < 1.29 is 14.3 Å². The van der Waals surface area contributed by atoms with Gasteiger partial charge in [-0.15, -0.1) is 12.4 Å². The molecule has 0 saturated heterocycles. The van der Waals surface area contributed by atoms with E-state index in [1.807, 2.05) is 0 Å². The standard InChI is InChI=1S/C13H25N3O3.ClH/c1-4-13(5-2)9(6-10(13)19-3)16-12(18)8-15-11(17)7-14;/h9-10H,4-8,14H2,1-3H3,(H,15,17)(H,16,18);1H. The van der Waals surface area contributed by atoms with E-state index < -0.39 is 0 Å². The van der Waals surface area contributed by atoms with Crippen molar-refractivity contribution in [1.82, 2.24) is 10.6 Å². The van der Waals surface area contributed by atoms with Crippen LogP contribution in [0.5, 0.6) is 0 Å². The molecule has 2 amide bonds. The van der Waals surface area contributed by atoms with E-state index in [-0.39, 0.29) is 54.9 Å². The summed E-state index contributed by atoms with van der Waals surface area (Å²) in [6.07, 6.45) is 2.95. The lowest BCUT2D eigenvalue weighted by atomic mass is 9.58. The Labute approximate surface area is 126 Å². The van der Waals surface area contributed by atoms with Crippen LogP contribution < -0.4 is 16.4 Å². The Kier molecular flexibility index (Phi) is 8.08. The number of carbonyl (C=O) groups excluding carboxylic acids is 2. The molecule has 1 saturated carbocycles. The predicted octanol–water partition coefficient (Wildman–Crippen LogP) is 0.193. The van der Waals surface area contributed by atoms with Gasteiger partial charge in [-0.3, -0.25) is 9.59 Å². The second-order valence-electron chi connectivity index (χ2n) is 5.00. The van der Waals surface area contributed by atoms with E-state index in [0.29, 0.717) is 0 Å². The van der Waals surface area contributed by atoms with Crippen molar-refractivity contribution in [3.05, 3.63) is 0 Å². The van der Waals surface area contributed by atoms with Gasteiger partial charge in [0.05, 0.1) is 19.2 Å². The van der Waals surface area contributed by atoms with Gasteiger partial charge in [0.15, 0.2) is 0 Å². The SMILES string of the molecule is CCC1(CC)C(NC(=O)CNC(=O)CN)CC1OC.Cl. The highest BCUT2D eigenvalue weighted by atomic mass is 35.5. The van der Waals surface area contributed by atoms with Gasteiger partial charge >= 0.3 is 0 Å². The van der Waals surface area contributed by atoms with Gasteiger partial charge in [-0.2, -0.15) is 0 Å². The molecule has 2 atom stereocenters. The van der Waals surface area contributed by atoms with Crippen molar-refractivity contribution in [2.75, 3.05) is 20.2 Å². The smallest absolute Gasteiger partial charge is 0.239 e. The van der Waals surface area contributed by atoms with E-state index >= 15 is 0 Å². The maximum absolute atomic E-state index is 11.8. The molecular formula is C13H26ClN3O3. The fourth-order valence-electron chi connectivity index (χ4n) is 2.98. The number of nitrogens with two attached hydrogens (primary N) is 1. The molecule has 1 fully saturated rings. The fraction of sp³-hybridized carbons (Fsp3) is 0.846. The summed E-state index contributed by atoms with van der Waals surface area (Å²) in [5, 5.41) is 5.45. The first-order chi connectivity index (χ1) is 9.03. The van der Waals surface area contributed by atoms with Crippen molar-refractivity contribution in [3.63, 3.8) is 0 Å².